The van der Waals surface area contributed by atoms with Crippen molar-refractivity contribution < 1.29 is 14.3 Å². The van der Waals surface area contributed by atoms with E-state index in [0.29, 0.717) is 0 Å². The molecule has 0 atom stereocenters. The van der Waals surface area contributed by atoms with Crippen molar-refractivity contribution in [2.24, 2.45) is 0 Å². The zero-order valence-electron chi connectivity index (χ0n) is 13.9. The molecule has 2 amide bonds. The van der Waals surface area contributed by atoms with Gasteiger partial charge in [0.25, 0.3) is 0 Å². The first kappa shape index (κ1) is 17.2. The van der Waals surface area contributed by atoms with Crippen LogP contribution in [0.4, 0.5) is 16.2 Å². The third kappa shape index (κ3) is 4.06. The fraction of sp³-hybridized carbons (Fsp3) is 0.562. The number of hydrogen-bond donors (Lipinski definition) is 2. The molecule has 0 unspecified atom stereocenters. The summed E-state index contributed by atoms with van der Waals surface area (Å²) in [7, 11) is 1.62. The molecular weight excluding hydrogens is 328 g/mol. The van der Waals surface area contributed by atoms with Crippen LogP contribution >= 0.6 is 11.9 Å². The molecule has 0 saturated carbocycles. The molecule has 0 aromatic heterocycles. The van der Waals surface area contributed by atoms with Crippen LogP contribution in [0.15, 0.2) is 23.1 Å². The number of carbonyl (C=O) groups is 1. The number of nitrogens with zero attached hydrogens (tertiary/aromatic N) is 2. The van der Waals surface area contributed by atoms with Crippen LogP contribution in [0.2, 0.25) is 0 Å². The second-order valence-electron chi connectivity index (χ2n) is 5.61. The Morgan fingerprint density at radius 2 is 1.50 bits per heavy atom. The van der Waals surface area contributed by atoms with Crippen LogP contribution in [-0.2, 0) is 9.47 Å². The first-order valence-electron chi connectivity index (χ1n) is 8.22. The highest BCUT2D eigenvalue weighted by molar-refractivity contribution is 7.98. The number of hydrogen-bond acceptors (Lipinski definition) is 6. The quantitative estimate of drug-likeness (QED) is 0.796. The summed E-state index contributed by atoms with van der Waals surface area (Å²) in [6.45, 7) is 6.37. The maximum absolute atomic E-state index is 11.7. The Hall–Kier alpha value is -1.64. The van der Waals surface area contributed by atoms with Gasteiger partial charge < -0.3 is 24.6 Å². The average Bonchev–Trinajstić information content (AvgIpc) is 2.67. The second kappa shape index (κ2) is 8.46. The number of morpholine rings is 2. The Morgan fingerprint density at radius 1 is 1.00 bits per heavy atom. The Bertz CT molecular complexity index is 524. The summed E-state index contributed by atoms with van der Waals surface area (Å²) in [5.74, 6) is 0. The minimum absolute atomic E-state index is 0.204. The fourth-order valence-corrected chi connectivity index (χ4v) is 3.77. The van der Waals surface area contributed by atoms with Crippen LogP contribution in [0.25, 0.3) is 0 Å². The Kier molecular flexibility index (Phi) is 6.06. The van der Waals surface area contributed by atoms with Gasteiger partial charge in [-0.3, -0.25) is 4.72 Å². The molecule has 7 nitrogen and oxygen atoms in total. The molecule has 3 rings (SSSR count). The van der Waals surface area contributed by atoms with Gasteiger partial charge in [0.15, 0.2) is 0 Å². The summed E-state index contributed by atoms with van der Waals surface area (Å²) in [6.07, 6.45) is 0. The van der Waals surface area contributed by atoms with Crippen molar-refractivity contribution >= 4 is 29.4 Å². The number of benzene rings is 1. The Labute approximate surface area is 146 Å². The van der Waals surface area contributed by atoms with Gasteiger partial charge in [-0.05, 0) is 24.1 Å². The van der Waals surface area contributed by atoms with Gasteiger partial charge in [-0.15, -0.1) is 0 Å². The maximum atomic E-state index is 11.7. The van der Waals surface area contributed by atoms with Crippen molar-refractivity contribution in [1.82, 2.24) is 10.0 Å². The molecule has 0 bridgehead atoms. The molecule has 2 fully saturated rings. The van der Waals surface area contributed by atoms with Gasteiger partial charge in [0.2, 0.25) is 0 Å². The van der Waals surface area contributed by atoms with E-state index in [1.807, 2.05) is 0 Å². The van der Waals surface area contributed by atoms with Crippen molar-refractivity contribution in [3.63, 3.8) is 0 Å². The number of rotatable bonds is 4. The summed E-state index contributed by atoms with van der Waals surface area (Å²) in [6, 6.07) is 6.11. The average molecular weight is 352 g/mol. The van der Waals surface area contributed by atoms with E-state index in [0.717, 1.165) is 68.9 Å². The van der Waals surface area contributed by atoms with Gasteiger partial charge in [-0.1, -0.05) is 6.07 Å². The van der Waals surface area contributed by atoms with Crippen molar-refractivity contribution in [2.45, 2.75) is 4.90 Å². The molecule has 2 saturated heterocycles. The zero-order chi connectivity index (χ0) is 16.8. The maximum Gasteiger partial charge on any atom is 0.324 e. The van der Waals surface area contributed by atoms with Crippen molar-refractivity contribution in [2.75, 3.05) is 69.5 Å². The summed E-state index contributed by atoms with van der Waals surface area (Å²) in [5, 5.41) is 2.60. The van der Waals surface area contributed by atoms with E-state index in [1.165, 1.54) is 11.9 Å². The lowest BCUT2D eigenvalue weighted by Gasteiger charge is -2.34. The first-order chi connectivity index (χ1) is 11.8. The van der Waals surface area contributed by atoms with Crippen LogP contribution in [-0.4, -0.2) is 65.7 Å². The van der Waals surface area contributed by atoms with Crippen molar-refractivity contribution in [1.29, 1.82) is 0 Å². The van der Waals surface area contributed by atoms with Gasteiger partial charge in [-0.2, -0.15) is 0 Å². The lowest BCUT2D eigenvalue weighted by molar-refractivity contribution is 0.122. The van der Waals surface area contributed by atoms with E-state index in [9.17, 15) is 4.79 Å². The van der Waals surface area contributed by atoms with Gasteiger partial charge >= 0.3 is 6.03 Å². The molecule has 1 aromatic rings. The minimum atomic E-state index is -0.204. The standard InChI is InChI=1S/C16H24N4O3S/c1-17-16(21)18-24-15-13(19-5-9-22-10-6-19)3-2-4-14(15)20-7-11-23-12-8-20/h2-4H,5-12H2,1H3,(H2,17,18,21). The van der Waals surface area contributed by atoms with E-state index in [4.69, 9.17) is 9.47 Å². The topological polar surface area (TPSA) is 66.1 Å². The molecule has 1 aromatic carbocycles. The lowest BCUT2D eigenvalue weighted by atomic mass is 10.2. The molecule has 132 valence electrons. The van der Waals surface area contributed by atoms with Gasteiger partial charge in [-0.25, -0.2) is 4.79 Å². The molecule has 2 N–H and O–H groups in total. The second-order valence-corrected chi connectivity index (χ2v) is 6.42. The molecule has 2 aliphatic heterocycles. The number of anilines is 2. The summed E-state index contributed by atoms with van der Waals surface area (Å²) < 4.78 is 13.8. The van der Waals surface area contributed by atoms with Gasteiger partial charge in [0.1, 0.15) is 0 Å². The molecule has 0 radical (unpaired) electrons. The summed E-state index contributed by atoms with van der Waals surface area (Å²) >= 11 is 1.37. The van der Waals surface area contributed by atoms with Gasteiger partial charge in [0.05, 0.1) is 42.7 Å². The molecular formula is C16H24N4O3S. The zero-order valence-corrected chi connectivity index (χ0v) is 14.7. The number of urea groups is 1. The smallest absolute Gasteiger partial charge is 0.324 e. The molecule has 0 spiro atoms. The SMILES string of the molecule is CNC(=O)NSc1c(N2CCOCC2)cccc1N1CCOCC1. The van der Waals surface area contributed by atoms with Crippen LogP contribution in [0.5, 0.6) is 0 Å². The number of ether oxygens (including phenoxy) is 2. The van der Waals surface area contributed by atoms with E-state index in [1.54, 1.807) is 7.05 Å². The molecule has 2 heterocycles. The van der Waals surface area contributed by atoms with E-state index in [-0.39, 0.29) is 6.03 Å². The molecule has 2 aliphatic rings. The normalized spacial score (nSPS) is 18.4. The van der Waals surface area contributed by atoms with Crippen molar-refractivity contribution in [3.05, 3.63) is 18.2 Å². The van der Waals surface area contributed by atoms with Crippen LogP contribution in [0, 0.1) is 0 Å². The van der Waals surface area contributed by atoms with Crippen LogP contribution < -0.4 is 19.8 Å². The summed E-state index contributed by atoms with van der Waals surface area (Å²) in [5.41, 5.74) is 2.28. The van der Waals surface area contributed by atoms with Crippen LogP contribution in [0.1, 0.15) is 0 Å². The monoisotopic (exact) mass is 352 g/mol. The third-order valence-electron chi connectivity index (χ3n) is 4.15. The highest BCUT2D eigenvalue weighted by Crippen LogP contribution is 2.38. The minimum Gasteiger partial charge on any atom is -0.378 e. The van der Waals surface area contributed by atoms with E-state index >= 15 is 0 Å². The number of nitrogens with one attached hydrogen (secondary N) is 2. The predicted molar refractivity (Wildman–Crippen MR) is 96.0 cm³/mol. The molecule has 0 aliphatic carbocycles. The first-order valence-corrected chi connectivity index (χ1v) is 9.04. The third-order valence-corrected chi connectivity index (χ3v) is 5.06. The highest BCUT2D eigenvalue weighted by atomic mass is 32.2. The molecule has 8 heteroatoms. The molecule has 24 heavy (non-hydrogen) atoms. The Morgan fingerprint density at radius 3 is 1.96 bits per heavy atom. The number of amides is 2. The number of carbonyl (C=O) groups excluding carboxylic acids is 1. The van der Waals surface area contributed by atoms with E-state index in [2.05, 4.69) is 38.0 Å². The van der Waals surface area contributed by atoms with Gasteiger partial charge in [0, 0.05) is 33.2 Å². The predicted octanol–water partition coefficient (Wildman–Crippen LogP) is 1.30. The lowest BCUT2D eigenvalue weighted by Crippen LogP contribution is -2.39. The van der Waals surface area contributed by atoms with Crippen molar-refractivity contribution in [3.8, 4) is 0 Å². The van der Waals surface area contributed by atoms with E-state index < -0.39 is 0 Å². The fourth-order valence-electron chi connectivity index (χ4n) is 2.87. The highest BCUT2D eigenvalue weighted by Gasteiger charge is 2.22. The Balaban J connectivity index is 1.89. The van der Waals surface area contributed by atoms with Crippen LogP contribution in [0.3, 0.4) is 0 Å². The summed E-state index contributed by atoms with van der Waals surface area (Å²) in [4.78, 5) is 17.4. The largest absolute Gasteiger partial charge is 0.378 e.